The van der Waals surface area contributed by atoms with Crippen LogP contribution in [-0.4, -0.2) is 63.4 Å². The van der Waals surface area contributed by atoms with E-state index in [1.165, 1.54) is 6.20 Å². The smallest absolute Gasteiger partial charge is 0.236 e. The maximum absolute atomic E-state index is 13.9. The number of nitrogens with one attached hydrogen (secondary N) is 1. The van der Waals surface area contributed by atoms with E-state index in [1.54, 1.807) is 12.4 Å². The van der Waals surface area contributed by atoms with Crippen LogP contribution >= 0.6 is 0 Å². The first-order chi connectivity index (χ1) is 17.0. The molecule has 6 rings (SSSR count). The highest BCUT2D eigenvalue weighted by Crippen LogP contribution is 2.46. The molecule has 9 heteroatoms. The highest BCUT2D eigenvalue weighted by molar-refractivity contribution is 5.92. The normalized spacial score (nSPS) is 29.3. The van der Waals surface area contributed by atoms with Crippen LogP contribution in [-0.2, 0) is 4.74 Å². The van der Waals surface area contributed by atoms with E-state index in [-0.39, 0.29) is 5.69 Å². The van der Waals surface area contributed by atoms with Crippen molar-refractivity contribution in [1.29, 1.82) is 0 Å². The number of nitrogen functional groups attached to an aromatic ring is 1. The van der Waals surface area contributed by atoms with E-state index in [0.29, 0.717) is 25.1 Å². The molecule has 0 radical (unpaired) electrons. The van der Waals surface area contributed by atoms with Crippen LogP contribution in [0.15, 0.2) is 36.8 Å². The van der Waals surface area contributed by atoms with Gasteiger partial charge >= 0.3 is 0 Å². The second kappa shape index (κ2) is 8.95. The number of morpholine rings is 1. The lowest BCUT2D eigenvalue weighted by atomic mass is 10.0. The first-order valence-electron chi connectivity index (χ1n) is 12.5. The Kier molecular flexibility index (Phi) is 5.76. The lowest BCUT2D eigenvalue weighted by molar-refractivity contribution is -0.0725. The minimum Gasteiger partial charge on any atom is -0.395 e. The van der Waals surface area contributed by atoms with Crippen molar-refractivity contribution in [2.24, 2.45) is 0 Å². The predicted octanol–water partition coefficient (Wildman–Crippen LogP) is 4.34. The zero-order valence-electron chi connectivity index (χ0n) is 19.6. The molecule has 2 saturated carbocycles. The van der Waals surface area contributed by atoms with Crippen LogP contribution in [0.2, 0.25) is 0 Å². The van der Waals surface area contributed by atoms with Crippen LogP contribution in [0.1, 0.15) is 38.5 Å². The summed E-state index contributed by atoms with van der Waals surface area (Å²) < 4.78 is 33.2. The van der Waals surface area contributed by atoms with E-state index < -0.39 is 17.7 Å². The van der Waals surface area contributed by atoms with Crippen LogP contribution in [0.3, 0.4) is 0 Å². The van der Waals surface area contributed by atoms with Crippen LogP contribution < -0.4 is 11.1 Å². The van der Waals surface area contributed by atoms with Gasteiger partial charge in [0.15, 0.2) is 0 Å². The molecule has 3 N–H and O–H groups in total. The molecule has 184 valence electrons. The lowest BCUT2D eigenvalue weighted by Crippen LogP contribution is -2.49. The Hall–Kier alpha value is -2.91. The number of halogens is 2. The van der Waals surface area contributed by atoms with E-state index in [9.17, 15) is 8.78 Å². The van der Waals surface area contributed by atoms with Crippen LogP contribution in [0.25, 0.3) is 22.0 Å². The fourth-order valence-corrected chi connectivity index (χ4v) is 5.66. The van der Waals surface area contributed by atoms with Gasteiger partial charge in [-0.3, -0.25) is 4.90 Å². The molecule has 2 aliphatic carbocycles. The molecule has 1 spiro atoms. The van der Waals surface area contributed by atoms with Crippen LogP contribution in [0.4, 0.5) is 20.3 Å². The first kappa shape index (κ1) is 22.5. The number of hydrogen-bond acceptors (Lipinski definition) is 7. The van der Waals surface area contributed by atoms with Crippen LogP contribution in [0, 0.1) is 5.95 Å². The van der Waals surface area contributed by atoms with E-state index in [2.05, 4.69) is 25.2 Å². The van der Waals surface area contributed by atoms with Gasteiger partial charge in [0.05, 0.1) is 17.8 Å². The third-order valence-corrected chi connectivity index (χ3v) is 7.80. The molecular formula is C26H30F2N6O. The summed E-state index contributed by atoms with van der Waals surface area (Å²) in [7, 11) is 0. The summed E-state index contributed by atoms with van der Waals surface area (Å²) in [4.78, 5) is 15.2. The molecule has 3 aliphatic rings. The molecule has 1 saturated heterocycles. The molecule has 0 amide bonds. The molecule has 3 heterocycles. The van der Waals surface area contributed by atoms with Gasteiger partial charge in [-0.2, -0.15) is 4.39 Å². The Balaban J connectivity index is 1.18. The number of anilines is 2. The van der Waals surface area contributed by atoms with Gasteiger partial charge in [0, 0.05) is 48.7 Å². The second-order valence-corrected chi connectivity index (χ2v) is 10.1. The molecule has 1 aliphatic heterocycles. The fraction of sp³-hybridized carbons (Fsp3) is 0.500. The Morgan fingerprint density at radius 1 is 1.09 bits per heavy atom. The third kappa shape index (κ3) is 4.43. The summed E-state index contributed by atoms with van der Waals surface area (Å²) in [5.41, 5.74) is 7.68. The van der Waals surface area contributed by atoms with Crippen molar-refractivity contribution >= 4 is 22.4 Å². The van der Waals surface area contributed by atoms with Gasteiger partial charge in [-0.15, -0.1) is 0 Å². The summed E-state index contributed by atoms with van der Waals surface area (Å²) in [6, 6.07) is 8.23. The van der Waals surface area contributed by atoms with Gasteiger partial charge in [0.25, 0.3) is 0 Å². The predicted molar refractivity (Wildman–Crippen MR) is 131 cm³/mol. The Morgan fingerprint density at radius 2 is 1.97 bits per heavy atom. The Labute approximate surface area is 203 Å². The maximum atomic E-state index is 13.9. The fourth-order valence-electron chi connectivity index (χ4n) is 5.66. The standard InChI is InChI=1S/C26H30F2N6O/c27-23-12-26(23)14-34(8-9-35-26)19-3-1-2-18(5-6-19)33-25-20-10-16(4-7-22(20)31-15-32-25)17-11-21(29)24(28)30-13-17/h4,7,10-11,13,15,18-19,23H,1-3,5-6,8-9,12,14,29H2,(H,31,32,33)/t18?,19?,23?,26-/m1/s1. The summed E-state index contributed by atoms with van der Waals surface area (Å²) in [5.74, 6) is 0.132. The SMILES string of the molecule is Nc1cc(-c2ccc3ncnc(NC4CCCC(N5CCO[C@]6(CC6F)C5)CC4)c3c2)cnc1F. The summed E-state index contributed by atoms with van der Waals surface area (Å²) in [6.45, 7) is 2.24. The van der Waals surface area contributed by atoms with E-state index >= 15 is 0 Å². The van der Waals surface area contributed by atoms with Gasteiger partial charge in [-0.1, -0.05) is 6.07 Å². The van der Waals surface area contributed by atoms with Gasteiger partial charge in [-0.05, 0) is 55.9 Å². The van der Waals surface area contributed by atoms with Crippen molar-refractivity contribution in [3.63, 3.8) is 0 Å². The van der Waals surface area contributed by atoms with E-state index in [0.717, 1.165) is 73.0 Å². The highest BCUT2D eigenvalue weighted by Gasteiger charge is 2.59. The van der Waals surface area contributed by atoms with Gasteiger partial charge in [0.2, 0.25) is 5.95 Å². The number of aromatic nitrogens is 3. The van der Waals surface area contributed by atoms with E-state index in [1.807, 2.05) is 18.2 Å². The average Bonchev–Trinajstić information content (AvgIpc) is 3.55. The quantitative estimate of drug-likeness (QED) is 0.424. The number of fused-ring (bicyclic) bond motifs is 1. The summed E-state index contributed by atoms with van der Waals surface area (Å²) >= 11 is 0. The molecule has 7 nitrogen and oxygen atoms in total. The summed E-state index contributed by atoms with van der Waals surface area (Å²) in [5, 5.41) is 4.58. The number of rotatable bonds is 4. The maximum Gasteiger partial charge on any atom is 0.236 e. The molecular weight excluding hydrogens is 450 g/mol. The van der Waals surface area contributed by atoms with Gasteiger partial charge < -0.3 is 15.8 Å². The molecule has 35 heavy (non-hydrogen) atoms. The number of ether oxygens (including phenoxy) is 1. The zero-order chi connectivity index (χ0) is 24.0. The number of hydrogen-bond donors (Lipinski definition) is 2. The van der Waals surface area contributed by atoms with Crippen molar-refractivity contribution in [2.45, 2.75) is 62.4 Å². The number of nitrogens with two attached hydrogens (primary N) is 1. The number of benzene rings is 1. The Bertz CT molecular complexity index is 1240. The van der Waals surface area contributed by atoms with Crippen LogP contribution in [0.5, 0.6) is 0 Å². The third-order valence-electron chi connectivity index (χ3n) is 7.80. The van der Waals surface area contributed by atoms with Crippen molar-refractivity contribution < 1.29 is 13.5 Å². The molecule has 3 fully saturated rings. The topological polar surface area (TPSA) is 89.2 Å². The molecule has 4 atom stereocenters. The molecule has 3 aromatic rings. The minimum absolute atomic E-state index is 0.0215. The molecule has 3 unspecified atom stereocenters. The van der Waals surface area contributed by atoms with Gasteiger partial charge in [-0.25, -0.2) is 19.3 Å². The minimum atomic E-state index is -0.802. The van der Waals surface area contributed by atoms with E-state index in [4.69, 9.17) is 10.5 Å². The number of nitrogens with zero attached hydrogens (tertiary/aromatic N) is 4. The number of pyridine rings is 1. The number of alkyl halides is 1. The largest absolute Gasteiger partial charge is 0.395 e. The summed E-state index contributed by atoms with van der Waals surface area (Å²) in [6.07, 6.45) is 8.19. The van der Waals surface area contributed by atoms with Crippen molar-refractivity contribution in [1.82, 2.24) is 19.9 Å². The zero-order valence-corrected chi connectivity index (χ0v) is 19.6. The Morgan fingerprint density at radius 3 is 2.80 bits per heavy atom. The lowest BCUT2D eigenvalue weighted by Gasteiger charge is -2.38. The monoisotopic (exact) mass is 480 g/mol. The van der Waals surface area contributed by atoms with Gasteiger partial charge in [0.1, 0.15) is 23.9 Å². The second-order valence-electron chi connectivity index (χ2n) is 10.1. The van der Waals surface area contributed by atoms with Crippen molar-refractivity contribution in [3.05, 3.63) is 42.7 Å². The molecule has 0 bridgehead atoms. The molecule has 1 aromatic carbocycles. The highest BCUT2D eigenvalue weighted by atomic mass is 19.1. The molecule has 2 aromatic heterocycles. The first-order valence-corrected chi connectivity index (χ1v) is 12.5. The van der Waals surface area contributed by atoms with Crippen molar-refractivity contribution in [2.75, 3.05) is 30.7 Å². The average molecular weight is 481 g/mol. The van der Waals surface area contributed by atoms with Crippen molar-refractivity contribution in [3.8, 4) is 11.1 Å².